The predicted molar refractivity (Wildman–Crippen MR) is 219 cm³/mol. The van der Waals surface area contributed by atoms with Crippen molar-refractivity contribution in [1.82, 2.24) is 0 Å². The van der Waals surface area contributed by atoms with E-state index in [4.69, 9.17) is 19.3 Å². The smallest absolute Gasteiger partial charge is 0.462 e. The molecular weight excluding hydrogens is 707 g/mol. The third-order valence-corrected chi connectivity index (χ3v) is 8.88. The molecule has 10 nitrogen and oxygen atoms in total. The summed E-state index contributed by atoms with van der Waals surface area (Å²) in [6.07, 6.45) is 40.8. The molecule has 3 atom stereocenters. The van der Waals surface area contributed by atoms with Crippen LogP contribution in [0.15, 0.2) is 72.9 Å². The maximum Gasteiger partial charge on any atom is 0.469 e. The number of carbonyl (C=O) groups is 2. The number of hydrogen-bond acceptors (Lipinski definition) is 8. The molecule has 0 aliphatic heterocycles. The van der Waals surface area contributed by atoms with Crippen molar-refractivity contribution >= 4 is 19.8 Å². The van der Waals surface area contributed by atoms with Crippen molar-refractivity contribution in [3.05, 3.63) is 72.9 Å². The molecule has 0 spiro atoms. The van der Waals surface area contributed by atoms with E-state index in [1.165, 1.54) is 38.5 Å². The molecule has 54 heavy (non-hydrogen) atoms. The third kappa shape index (κ3) is 37.7. The highest BCUT2D eigenvalue weighted by Crippen LogP contribution is 2.36. The number of carbonyl (C=O) groups excluding carboxylic acids is 2. The Morgan fingerprint density at radius 3 is 1.54 bits per heavy atom. The van der Waals surface area contributed by atoms with Crippen molar-refractivity contribution < 1.29 is 48.2 Å². The highest BCUT2D eigenvalue weighted by atomic mass is 31.2. The number of aliphatic hydroxyl groups excluding tert-OH is 2. The molecule has 0 aromatic carbocycles. The number of phosphoric acid groups is 1. The maximum absolute atomic E-state index is 12.4. The van der Waals surface area contributed by atoms with Gasteiger partial charge in [-0.3, -0.25) is 14.1 Å². The number of aliphatic hydroxyl groups is 2. The topological polar surface area (TPSA) is 160 Å². The summed E-state index contributed by atoms with van der Waals surface area (Å²) in [6, 6.07) is 0. The van der Waals surface area contributed by atoms with Crippen LogP contribution in [0.4, 0.5) is 0 Å². The molecular formula is C43H73O10P. The molecule has 0 bridgehead atoms. The molecule has 2 unspecified atom stereocenters. The number of rotatable bonds is 36. The Labute approximate surface area is 326 Å². The third-order valence-electron chi connectivity index (χ3n) is 8.40. The summed E-state index contributed by atoms with van der Waals surface area (Å²) in [5.41, 5.74) is 0. The summed E-state index contributed by atoms with van der Waals surface area (Å²) in [6.45, 7) is 3.34. The van der Waals surface area contributed by atoms with Crippen LogP contribution < -0.4 is 0 Å². The molecule has 0 aromatic rings. The lowest BCUT2D eigenvalue weighted by Gasteiger charge is -2.19. The lowest BCUT2D eigenvalue weighted by atomic mass is 10.0. The lowest BCUT2D eigenvalue weighted by molar-refractivity contribution is -0.161. The molecule has 0 aliphatic carbocycles. The highest BCUT2D eigenvalue weighted by molar-refractivity contribution is 7.46. The second-order valence-corrected chi connectivity index (χ2v) is 14.8. The van der Waals surface area contributed by atoms with Gasteiger partial charge >= 0.3 is 19.8 Å². The first-order valence-electron chi connectivity index (χ1n) is 20.4. The Hall–Kier alpha value is -2.59. The Kier molecular flexibility index (Phi) is 35.5. The average Bonchev–Trinajstić information content (AvgIpc) is 3.13. The molecule has 11 heteroatoms. The standard InChI is InChI=1S/C43H73O10P/c1-3-5-7-9-11-13-15-17-18-19-20-21-23-25-27-29-31-35-43(47)53-39(38-52-54(48,49)50)37-51-42(46)36-32-34-41(45)40(44)33-30-28-26-24-22-16-14-12-10-8-6-4-2/h11-14,17-18,20-22,24,28,30,39-41,44-45H,3-10,15-16,19,23,25-27,29,31-38H2,1-2H3,(H2,48,49,50)/b13-11-,14-12-,18-17-,21-20-,24-22-,30-28-/t39-,40?,41?/m1/s1. The first-order valence-corrected chi connectivity index (χ1v) is 21.9. The average molecular weight is 781 g/mol. The largest absolute Gasteiger partial charge is 0.469 e. The van der Waals surface area contributed by atoms with E-state index < -0.39 is 51.3 Å². The molecule has 0 saturated heterocycles. The molecule has 0 amide bonds. The van der Waals surface area contributed by atoms with Crippen molar-refractivity contribution in [3.8, 4) is 0 Å². The van der Waals surface area contributed by atoms with Gasteiger partial charge in [0.15, 0.2) is 6.10 Å². The minimum absolute atomic E-state index is 0.0553. The van der Waals surface area contributed by atoms with Crippen LogP contribution in [0.2, 0.25) is 0 Å². The molecule has 310 valence electrons. The zero-order chi connectivity index (χ0) is 40.0. The normalized spacial score (nSPS) is 14.4. The van der Waals surface area contributed by atoms with Gasteiger partial charge in [0.2, 0.25) is 0 Å². The van der Waals surface area contributed by atoms with Crippen LogP contribution in [0.25, 0.3) is 0 Å². The van der Waals surface area contributed by atoms with E-state index in [-0.39, 0.29) is 32.1 Å². The first kappa shape index (κ1) is 51.4. The Morgan fingerprint density at radius 1 is 0.556 bits per heavy atom. The van der Waals surface area contributed by atoms with E-state index in [2.05, 4.69) is 79.1 Å². The second-order valence-electron chi connectivity index (χ2n) is 13.6. The lowest BCUT2D eigenvalue weighted by Crippen LogP contribution is -2.29. The van der Waals surface area contributed by atoms with Gasteiger partial charge < -0.3 is 29.5 Å². The van der Waals surface area contributed by atoms with Crippen LogP contribution in [0, 0.1) is 0 Å². The monoisotopic (exact) mass is 780 g/mol. The van der Waals surface area contributed by atoms with Gasteiger partial charge in [-0.1, -0.05) is 125 Å². The summed E-state index contributed by atoms with van der Waals surface area (Å²) in [5.74, 6) is -1.20. The molecule has 0 rings (SSSR count). The molecule has 0 radical (unpaired) electrons. The zero-order valence-corrected chi connectivity index (χ0v) is 34.2. The zero-order valence-electron chi connectivity index (χ0n) is 33.3. The van der Waals surface area contributed by atoms with E-state index >= 15 is 0 Å². The van der Waals surface area contributed by atoms with E-state index in [1.807, 2.05) is 12.2 Å². The van der Waals surface area contributed by atoms with Crippen molar-refractivity contribution in [2.75, 3.05) is 13.2 Å². The van der Waals surface area contributed by atoms with Crippen LogP contribution in [0.1, 0.15) is 155 Å². The number of phosphoric ester groups is 1. The molecule has 4 N–H and O–H groups in total. The van der Waals surface area contributed by atoms with Gasteiger partial charge in [-0.05, 0) is 89.9 Å². The van der Waals surface area contributed by atoms with Crippen molar-refractivity contribution in [3.63, 3.8) is 0 Å². The van der Waals surface area contributed by atoms with Crippen LogP contribution in [-0.4, -0.2) is 63.5 Å². The van der Waals surface area contributed by atoms with Crippen LogP contribution in [0.3, 0.4) is 0 Å². The van der Waals surface area contributed by atoms with E-state index in [1.54, 1.807) is 0 Å². The van der Waals surface area contributed by atoms with Gasteiger partial charge in [-0.25, -0.2) is 4.57 Å². The second kappa shape index (κ2) is 37.3. The summed E-state index contributed by atoms with van der Waals surface area (Å²) < 4.78 is 26.2. The quantitative estimate of drug-likeness (QED) is 0.0209. The SMILES string of the molecule is CCCCC/C=C\C/C=C\C/C=C\CCCCCCC(=O)O[C@H](COC(=O)CCCC(O)C(O)C/C=C\C/C=C\C/C=C\CCCCC)COP(=O)(O)O. The first-order chi connectivity index (χ1) is 26.1. The predicted octanol–water partition coefficient (Wildman–Crippen LogP) is 10.2. The Balaban J connectivity index is 4.24. The highest BCUT2D eigenvalue weighted by Gasteiger charge is 2.23. The number of unbranched alkanes of at least 4 members (excludes halogenated alkanes) is 10. The summed E-state index contributed by atoms with van der Waals surface area (Å²) >= 11 is 0. The summed E-state index contributed by atoms with van der Waals surface area (Å²) in [7, 11) is -4.83. The number of ether oxygens (including phenoxy) is 2. The number of allylic oxidation sites excluding steroid dienone is 11. The molecule has 0 saturated carbocycles. The van der Waals surface area contributed by atoms with Gasteiger partial charge in [-0.2, -0.15) is 0 Å². The van der Waals surface area contributed by atoms with Gasteiger partial charge in [0, 0.05) is 12.8 Å². The van der Waals surface area contributed by atoms with E-state index in [0.717, 1.165) is 64.2 Å². The van der Waals surface area contributed by atoms with Crippen molar-refractivity contribution in [1.29, 1.82) is 0 Å². The number of hydrogen-bond donors (Lipinski definition) is 4. The fourth-order valence-electron chi connectivity index (χ4n) is 5.19. The molecule has 0 fully saturated rings. The fourth-order valence-corrected chi connectivity index (χ4v) is 5.55. The maximum atomic E-state index is 12.4. The summed E-state index contributed by atoms with van der Waals surface area (Å²) in [4.78, 5) is 42.9. The van der Waals surface area contributed by atoms with Crippen LogP contribution in [0.5, 0.6) is 0 Å². The number of esters is 2. The minimum Gasteiger partial charge on any atom is -0.462 e. The van der Waals surface area contributed by atoms with Crippen molar-refractivity contribution in [2.24, 2.45) is 0 Å². The molecule has 0 aliphatic rings. The summed E-state index contributed by atoms with van der Waals surface area (Å²) in [5, 5.41) is 20.5. The fraction of sp³-hybridized carbons (Fsp3) is 0.674. The van der Waals surface area contributed by atoms with Crippen LogP contribution in [-0.2, 0) is 28.2 Å². The van der Waals surface area contributed by atoms with Crippen molar-refractivity contribution in [2.45, 2.75) is 173 Å². The Morgan fingerprint density at radius 2 is 1.02 bits per heavy atom. The van der Waals surface area contributed by atoms with Gasteiger partial charge in [0.1, 0.15) is 6.61 Å². The minimum atomic E-state index is -4.83. The molecule has 0 aromatic heterocycles. The van der Waals surface area contributed by atoms with E-state index in [0.29, 0.717) is 6.42 Å². The molecule has 0 heterocycles. The van der Waals surface area contributed by atoms with Gasteiger partial charge in [-0.15, -0.1) is 0 Å². The van der Waals surface area contributed by atoms with Crippen LogP contribution >= 0.6 is 7.82 Å². The van der Waals surface area contributed by atoms with Gasteiger partial charge in [0.05, 0.1) is 18.8 Å². The van der Waals surface area contributed by atoms with Gasteiger partial charge in [0.25, 0.3) is 0 Å². The van der Waals surface area contributed by atoms with E-state index in [9.17, 15) is 24.4 Å². The Bertz CT molecular complexity index is 1140.